The van der Waals surface area contributed by atoms with Gasteiger partial charge in [-0.25, -0.2) is 14.8 Å². The van der Waals surface area contributed by atoms with Crippen LogP contribution in [0.2, 0.25) is 20.1 Å². The Balaban J connectivity index is 0.000000184. The van der Waals surface area contributed by atoms with Crippen LogP contribution >= 0.6 is 46.4 Å². The second kappa shape index (κ2) is 20.1. The van der Waals surface area contributed by atoms with E-state index in [0.29, 0.717) is 74.9 Å². The van der Waals surface area contributed by atoms with Crippen molar-refractivity contribution in [2.24, 2.45) is 16.6 Å². The van der Waals surface area contributed by atoms with E-state index in [2.05, 4.69) is 43.0 Å². The van der Waals surface area contributed by atoms with Crippen LogP contribution in [0.25, 0.3) is 22.1 Å². The van der Waals surface area contributed by atoms with Crippen molar-refractivity contribution >= 4 is 92.2 Å². The minimum absolute atomic E-state index is 0.0534. The maximum atomic E-state index is 13.2. The number of likely N-dealkylation sites (tertiary alicyclic amines) is 2. The minimum Gasteiger partial charge on any atom is -0.477 e. The lowest BCUT2D eigenvalue weighted by Crippen LogP contribution is -2.56. The molecule has 2 saturated heterocycles. The Morgan fingerprint density at radius 1 is 0.646 bits per heavy atom. The molecule has 2 aliphatic heterocycles. The molecule has 6 heterocycles. The Labute approximate surface area is 393 Å². The largest absolute Gasteiger partial charge is 0.477 e. The number of nitrogens with one attached hydrogen (secondary N) is 1. The summed E-state index contributed by atoms with van der Waals surface area (Å²) in [6.07, 6.45) is 3.06. The third kappa shape index (κ3) is 11.7. The van der Waals surface area contributed by atoms with Crippen LogP contribution in [-0.2, 0) is 35.8 Å². The van der Waals surface area contributed by atoms with Crippen molar-refractivity contribution in [2.45, 2.75) is 53.9 Å². The number of carboxylic acids is 1. The average Bonchev–Trinajstić information content (AvgIpc) is 3.25. The number of halogens is 4. The summed E-state index contributed by atoms with van der Waals surface area (Å²) < 4.78 is 2.42. The van der Waals surface area contributed by atoms with E-state index >= 15 is 0 Å². The maximum Gasteiger partial charge on any atom is 0.341 e. The number of aromatic carboxylic acids is 1. The Kier molecular flexibility index (Phi) is 15.1. The van der Waals surface area contributed by atoms with E-state index in [1.807, 2.05) is 6.07 Å². The highest BCUT2D eigenvalue weighted by atomic mass is 35.5. The van der Waals surface area contributed by atoms with Crippen LogP contribution in [0.4, 0.5) is 0 Å². The van der Waals surface area contributed by atoms with Gasteiger partial charge in [0.15, 0.2) is 0 Å². The van der Waals surface area contributed by atoms with Gasteiger partial charge in [-0.2, -0.15) is 0 Å². The van der Waals surface area contributed by atoms with Gasteiger partial charge in [0.25, 0.3) is 17.0 Å². The maximum absolute atomic E-state index is 13.2. The molecule has 340 valence electrons. The van der Waals surface area contributed by atoms with Gasteiger partial charge in [0.1, 0.15) is 35.5 Å². The zero-order chi connectivity index (χ0) is 47.4. The summed E-state index contributed by atoms with van der Waals surface area (Å²) >= 11 is 23.3. The standard InChI is InChI=1S/C23H22Cl2N4O3.C16H17N3O4.C7H7Cl2N/c1-23(2)12-28(13-23)19(30)11-29-20-15(4-3-7-26-20)9-16(22(29)32)21(31)27-10-14-5-6-17(24)18(25)8-14;1-16(2)8-18(9-16)12(20)7-19-13-10(4-3-5-17-13)6-11(14(19)21)15(22)23;8-6-2-1-5(4-10)3-7(6)9/h3-9H,10-13H2,1-2H3,(H,27,31);3-6H,7-9H2,1-2H3,(H,22,23);1-3H,4,10H2. The first-order chi connectivity index (χ1) is 30.7. The van der Waals surface area contributed by atoms with Crippen LogP contribution in [-0.4, -0.2) is 83.9 Å². The molecule has 4 N–H and O–H groups in total. The highest BCUT2D eigenvalue weighted by molar-refractivity contribution is 6.42. The highest BCUT2D eigenvalue weighted by Crippen LogP contribution is 2.30. The molecule has 19 heteroatoms. The Morgan fingerprint density at radius 2 is 1.08 bits per heavy atom. The Hall–Kier alpha value is -5.84. The third-order valence-corrected chi connectivity index (χ3v) is 12.1. The highest BCUT2D eigenvalue weighted by Gasteiger charge is 2.38. The van der Waals surface area contributed by atoms with E-state index in [4.69, 9.17) is 52.1 Å². The van der Waals surface area contributed by atoms with E-state index in [0.717, 1.165) is 15.7 Å². The molecule has 0 radical (unpaired) electrons. The van der Waals surface area contributed by atoms with Gasteiger partial charge in [-0.3, -0.25) is 33.1 Å². The predicted octanol–water partition coefficient (Wildman–Crippen LogP) is 6.92. The van der Waals surface area contributed by atoms with Gasteiger partial charge in [-0.05, 0) is 82.6 Å². The molecular weight excluding hydrogens is 918 g/mol. The summed E-state index contributed by atoms with van der Waals surface area (Å²) in [7, 11) is 0. The van der Waals surface area contributed by atoms with Gasteiger partial charge in [-0.15, -0.1) is 0 Å². The van der Waals surface area contributed by atoms with Gasteiger partial charge in [-0.1, -0.05) is 86.2 Å². The number of carboxylic acid groups (broad SMARTS) is 1. The topological polar surface area (TPSA) is 203 Å². The zero-order valence-corrected chi connectivity index (χ0v) is 38.9. The monoisotopic (exact) mass is 962 g/mol. The van der Waals surface area contributed by atoms with Crippen molar-refractivity contribution in [2.75, 3.05) is 26.2 Å². The number of hydrogen-bond donors (Lipinski definition) is 3. The quantitative estimate of drug-likeness (QED) is 0.137. The lowest BCUT2D eigenvalue weighted by Gasteiger charge is -2.45. The second-order valence-corrected chi connectivity index (χ2v) is 18.9. The van der Waals surface area contributed by atoms with E-state index in [-0.39, 0.29) is 53.4 Å². The number of amides is 3. The number of hydrogen-bond acceptors (Lipinski definition) is 9. The number of carbonyl (C=O) groups excluding carboxylic acids is 3. The first-order valence-corrected chi connectivity index (χ1v) is 21.8. The number of nitrogens with zero attached hydrogens (tertiary/aromatic N) is 6. The number of fused-ring (bicyclic) bond motifs is 2. The molecule has 2 fully saturated rings. The van der Waals surface area contributed by atoms with E-state index in [1.165, 1.54) is 22.9 Å². The predicted molar refractivity (Wildman–Crippen MR) is 252 cm³/mol. The van der Waals surface area contributed by atoms with Crippen molar-refractivity contribution in [3.8, 4) is 0 Å². The minimum atomic E-state index is -1.31. The Morgan fingerprint density at radius 3 is 1.51 bits per heavy atom. The van der Waals surface area contributed by atoms with Crippen LogP contribution < -0.4 is 22.2 Å². The van der Waals surface area contributed by atoms with Gasteiger partial charge in [0, 0.05) is 62.4 Å². The van der Waals surface area contributed by atoms with Crippen molar-refractivity contribution in [1.29, 1.82) is 0 Å². The summed E-state index contributed by atoms with van der Waals surface area (Å²) in [4.78, 5) is 86.5. The number of benzene rings is 2. The Bertz CT molecular complexity index is 2940. The summed E-state index contributed by atoms with van der Waals surface area (Å²) in [5.41, 5.74) is 6.27. The molecule has 0 aliphatic carbocycles. The summed E-state index contributed by atoms with van der Waals surface area (Å²) in [6, 6.07) is 20.0. The van der Waals surface area contributed by atoms with Crippen molar-refractivity contribution < 1.29 is 24.3 Å². The fraction of sp³-hybridized carbons (Fsp3) is 0.304. The van der Waals surface area contributed by atoms with Crippen molar-refractivity contribution in [1.82, 2.24) is 34.2 Å². The molecule has 3 amide bonds. The smallest absolute Gasteiger partial charge is 0.341 e. The number of nitrogens with two attached hydrogens (primary N) is 1. The lowest BCUT2D eigenvalue weighted by molar-refractivity contribution is -0.142. The van der Waals surface area contributed by atoms with Crippen LogP contribution in [0, 0.1) is 10.8 Å². The average molecular weight is 965 g/mol. The summed E-state index contributed by atoms with van der Waals surface area (Å²) in [5.74, 6) is -2.24. The first kappa shape index (κ1) is 48.6. The summed E-state index contributed by atoms with van der Waals surface area (Å²) in [6.45, 7) is 11.1. The van der Waals surface area contributed by atoms with Crippen LogP contribution in [0.3, 0.4) is 0 Å². The third-order valence-electron chi connectivity index (χ3n) is 10.6. The van der Waals surface area contributed by atoms with E-state index < -0.39 is 23.0 Å². The molecule has 0 bridgehead atoms. The van der Waals surface area contributed by atoms with Crippen molar-refractivity contribution in [3.05, 3.63) is 148 Å². The zero-order valence-electron chi connectivity index (χ0n) is 35.9. The fourth-order valence-electron chi connectivity index (χ4n) is 7.41. The molecule has 65 heavy (non-hydrogen) atoms. The van der Waals surface area contributed by atoms with Gasteiger partial charge < -0.3 is 26.0 Å². The van der Waals surface area contributed by atoms with Crippen molar-refractivity contribution in [3.63, 3.8) is 0 Å². The SMILES string of the molecule is CC1(C)CN(C(=O)Cn2c(=O)c(C(=O)NCc3ccc(Cl)c(Cl)c3)cc3cccnc32)C1.CC1(C)CN(C(=O)Cn2c(=O)c(C(=O)O)cc3cccnc32)C1.NCc1ccc(Cl)c(Cl)c1. The molecule has 15 nitrogen and oxygen atoms in total. The molecule has 0 atom stereocenters. The molecule has 0 unspecified atom stereocenters. The number of rotatable bonds is 9. The molecule has 2 aromatic carbocycles. The van der Waals surface area contributed by atoms with E-state index in [1.54, 1.807) is 70.6 Å². The van der Waals surface area contributed by atoms with Gasteiger partial charge in [0.05, 0.1) is 20.1 Å². The van der Waals surface area contributed by atoms with Gasteiger partial charge in [0.2, 0.25) is 11.8 Å². The molecule has 2 aliphatic rings. The normalized spacial score (nSPS) is 14.5. The summed E-state index contributed by atoms with van der Waals surface area (Å²) in [5, 5.41) is 15.0. The molecular formula is C46H46Cl4N8O7. The molecule has 4 aromatic heterocycles. The second-order valence-electron chi connectivity index (χ2n) is 17.2. The number of carbonyl (C=O) groups is 4. The van der Waals surface area contributed by atoms with Crippen LogP contribution in [0.15, 0.2) is 94.8 Å². The van der Waals surface area contributed by atoms with Crippen LogP contribution in [0.5, 0.6) is 0 Å². The molecule has 0 saturated carbocycles. The number of aromatic nitrogens is 4. The molecule has 6 aromatic rings. The fourth-order valence-corrected chi connectivity index (χ4v) is 8.05. The van der Waals surface area contributed by atoms with Crippen LogP contribution in [0.1, 0.15) is 59.5 Å². The molecule has 0 spiro atoms. The lowest BCUT2D eigenvalue weighted by atomic mass is 9.84. The molecule has 8 rings (SSSR count). The van der Waals surface area contributed by atoms with Gasteiger partial charge >= 0.3 is 5.97 Å². The number of pyridine rings is 4. The van der Waals surface area contributed by atoms with E-state index in [9.17, 15) is 33.9 Å². The first-order valence-electron chi connectivity index (χ1n) is 20.3.